The van der Waals surface area contributed by atoms with Crippen molar-refractivity contribution < 1.29 is 13.7 Å². The molecule has 0 aliphatic rings. The summed E-state index contributed by atoms with van der Waals surface area (Å²) in [6.07, 6.45) is 2.11. The first kappa shape index (κ1) is 20.3. The lowest BCUT2D eigenvalue weighted by Gasteiger charge is -2.10. The number of nitrogens with one attached hydrogen (secondary N) is 1. The minimum atomic E-state index is -0.494. The van der Waals surface area contributed by atoms with Gasteiger partial charge in [-0.2, -0.15) is 10.1 Å². The van der Waals surface area contributed by atoms with E-state index in [-0.39, 0.29) is 29.9 Å². The smallest absolute Gasteiger partial charge is 0.316 e. The number of hydrogen-bond acceptors (Lipinski definition) is 7. The highest BCUT2D eigenvalue weighted by molar-refractivity contribution is 5.89. The van der Waals surface area contributed by atoms with E-state index in [1.807, 2.05) is 44.2 Å². The van der Waals surface area contributed by atoms with Crippen molar-refractivity contribution in [2.75, 3.05) is 0 Å². The van der Waals surface area contributed by atoms with E-state index in [1.165, 1.54) is 10.7 Å². The van der Waals surface area contributed by atoms with Crippen LogP contribution in [-0.4, -0.2) is 31.9 Å². The molecule has 3 aromatic heterocycles. The number of aromatic nitrogens is 4. The van der Waals surface area contributed by atoms with E-state index < -0.39 is 5.91 Å². The lowest BCUT2D eigenvalue weighted by Crippen LogP contribution is -2.34. The van der Waals surface area contributed by atoms with Crippen molar-refractivity contribution in [2.45, 2.75) is 32.9 Å². The normalized spacial score (nSPS) is 11.9. The van der Waals surface area contributed by atoms with Crippen LogP contribution >= 0.6 is 0 Å². The fraction of sp³-hybridized carbons (Fsp3) is 0.227. The Morgan fingerprint density at radius 3 is 2.71 bits per heavy atom. The van der Waals surface area contributed by atoms with Crippen molar-refractivity contribution in [3.63, 3.8) is 0 Å². The van der Waals surface area contributed by atoms with Crippen LogP contribution in [-0.2, 0) is 13.0 Å². The highest BCUT2D eigenvalue weighted by Gasteiger charge is 2.18. The fourth-order valence-corrected chi connectivity index (χ4v) is 3.05. The number of nitrogens with zero attached hydrogens (tertiary/aromatic N) is 4. The molecule has 9 heteroatoms. The van der Waals surface area contributed by atoms with Crippen LogP contribution in [0.4, 0.5) is 0 Å². The van der Waals surface area contributed by atoms with Gasteiger partial charge in [0.1, 0.15) is 12.3 Å². The van der Waals surface area contributed by atoms with Gasteiger partial charge in [-0.05, 0) is 32.0 Å². The van der Waals surface area contributed by atoms with Crippen molar-refractivity contribution in [2.24, 2.45) is 0 Å². The van der Waals surface area contributed by atoms with Crippen LogP contribution in [0.5, 0.6) is 0 Å². The Morgan fingerprint density at radius 1 is 1.16 bits per heavy atom. The first-order chi connectivity index (χ1) is 15.0. The van der Waals surface area contributed by atoms with Gasteiger partial charge in [0, 0.05) is 24.1 Å². The van der Waals surface area contributed by atoms with Crippen molar-refractivity contribution >= 4 is 5.91 Å². The minimum Gasteiger partial charge on any atom is -0.469 e. The lowest BCUT2D eigenvalue weighted by molar-refractivity contribution is 0.0895. The summed E-state index contributed by atoms with van der Waals surface area (Å²) in [6.45, 7) is 3.83. The van der Waals surface area contributed by atoms with Crippen molar-refractivity contribution in [1.82, 2.24) is 25.2 Å². The Morgan fingerprint density at radius 2 is 1.97 bits per heavy atom. The molecule has 31 heavy (non-hydrogen) atoms. The van der Waals surface area contributed by atoms with Gasteiger partial charge in [0.05, 0.1) is 12.0 Å². The molecule has 1 amide bonds. The van der Waals surface area contributed by atoms with Crippen LogP contribution in [0, 0.1) is 6.92 Å². The highest BCUT2D eigenvalue weighted by Crippen LogP contribution is 2.16. The van der Waals surface area contributed by atoms with Gasteiger partial charge in [0.25, 0.3) is 5.56 Å². The average Bonchev–Trinajstić information content (AvgIpc) is 3.42. The predicted molar refractivity (Wildman–Crippen MR) is 111 cm³/mol. The Hall–Kier alpha value is -4.01. The Labute approximate surface area is 177 Å². The molecule has 0 spiro atoms. The van der Waals surface area contributed by atoms with E-state index >= 15 is 0 Å². The topological polar surface area (TPSA) is 116 Å². The number of hydrogen-bond donors (Lipinski definition) is 1. The summed E-state index contributed by atoms with van der Waals surface area (Å²) in [6, 6.07) is 14.4. The van der Waals surface area contributed by atoms with Crippen LogP contribution in [0.2, 0.25) is 0 Å². The third kappa shape index (κ3) is 4.95. The number of rotatable bonds is 7. The van der Waals surface area contributed by atoms with Gasteiger partial charge >= 0.3 is 11.8 Å². The molecule has 1 N–H and O–H groups in total. The van der Waals surface area contributed by atoms with E-state index in [2.05, 4.69) is 20.6 Å². The molecule has 0 saturated heterocycles. The highest BCUT2D eigenvalue weighted by atomic mass is 16.5. The Kier molecular flexibility index (Phi) is 5.74. The van der Waals surface area contributed by atoms with Gasteiger partial charge in [-0.25, -0.2) is 4.68 Å². The molecule has 0 fully saturated rings. The molecule has 1 atom stereocenters. The van der Waals surface area contributed by atoms with Gasteiger partial charge in [-0.1, -0.05) is 35.0 Å². The zero-order valence-corrected chi connectivity index (χ0v) is 17.1. The number of carbonyl (C=O) groups is 1. The number of aryl methyl sites for hydroxylation is 1. The lowest BCUT2D eigenvalue weighted by atomic mass is 10.1. The minimum absolute atomic E-state index is 0.0166. The quantitative estimate of drug-likeness (QED) is 0.489. The summed E-state index contributed by atoms with van der Waals surface area (Å²) >= 11 is 0. The van der Waals surface area contributed by atoms with Crippen molar-refractivity contribution in [3.8, 4) is 11.3 Å². The molecule has 158 valence electrons. The zero-order valence-electron chi connectivity index (χ0n) is 17.1. The third-order valence-corrected chi connectivity index (χ3v) is 4.63. The molecular formula is C22H21N5O4. The van der Waals surface area contributed by atoms with Gasteiger partial charge in [0.2, 0.25) is 0 Å². The maximum absolute atomic E-state index is 12.4. The van der Waals surface area contributed by atoms with Crippen LogP contribution < -0.4 is 10.9 Å². The molecule has 0 unspecified atom stereocenters. The maximum atomic E-state index is 12.4. The molecule has 0 saturated carbocycles. The van der Waals surface area contributed by atoms with Gasteiger partial charge in [-0.15, -0.1) is 0 Å². The molecule has 0 radical (unpaired) electrons. The molecular weight excluding hydrogens is 398 g/mol. The second kappa shape index (κ2) is 8.78. The number of carbonyl (C=O) groups excluding carboxylic acids is 1. The molecule has 0 bridgehead atoms. The van der Waals surface area contributed by atoms with E-state index in [1.54, 1.807) is 18.4 Å². The summed E-state index contributed by atoms with van der Waals surface area (Å²) in [5.74, 6) is 0.271. The van der Waals surface area contributed by atoms with Crippen LogP contribution in [0.3, 0.4) is 0 Å². The summed E-state index contributed by atoms with van der Waals surface area (Å²) in [4.78, 5) is 28.7. The van der Waals surface area contributed by atoms with E-state index in [9.17, 15) is 9.59 Å². The Balaban J connectivity index is 1.44. The molecule has 9 nitrogen and oxygen atoms in total. The molecule has 0 aliphatic carbocycles. The first-order valence-corrected chi connectivity index (χ1v) is 9.79. The van der Waals surface area contributed by atoms with Crippen LogP contribution in [0.25, 0.3) is 11.3 Å². The van der Waals surface area contributed by atoms with Crippen LogP contribution in [0.15, 0.2) is 68.5 Å². The first-order valence-electron chi connectivity index (χ1n) is 9.79. The number of furan rings is 1. The molecule has 1 aromatic carbocycles. The van der Waals surface area contributed by atoms with Crippen LogP contribution in [0.1, 0.15) is 34.8 Å². The fourth-order valence-electron chi connectivity index (χ4n) is 3.05. The summed E-state index contributed by atoms with van der Waals surface area (Å²) in [5, 5.41) is 11.0. The second-order valence-corrected chi connectivity index (χ2v) is 7.25. The van der Waals surface area contributed by atoms with Gasteiger partial charge in [-0.3, -0.25) is 9.59 Å². The van der Waals surface area contributed by atoms with Gasteiger partial charge in [0.15, 0.2) is 5.82 Å². The SMILES string of the molecule is Cc1ccc(-c2ccc(=O)n(Cc3noc(C(=O)N[C@@H](C)Cc4ccco4)n3)n2)cc1. The monoisotopic (exact) mass is 419 g/mol. The van der Waals surface area contributed by atoms with E-state index in [0.717, 1.165) is 16.9 Å². The summed E-state index contributed by atoms with van der Waals surface area (Å²) in [7, 11) is 0. The largest absolute Gasteiger partial charge is 0.469 e. The maximum Gasteiger partial charge on any atom is 0.316 e. The second-order valence-electron chi connectivity index (χ2n) is 7.25. The zero-order chi connectivity index (χ0) is 21.8. The van der Waals surface area contributed by atoms with Crippen molar-refractivity contribution in [3.05, 3.63) is 88.2 Å². The third-order valence-electron chi connectivity index (χ3n) is 4.63. The molecule has 3 heterocycles. The number of benzene rings is 1. The molecule has 0 aliphatic heterocycles. The molecule has 4 rings (SSSR count). The van der Waals surface area contributed by atoms with E-state index in [4.69, 9.17) is 8.94 Å². The van der Waals surface area contributed by atoms with E-state index in [0.29, 0.717) is 12.1 Å². The Bertz CT molecular complexity index is 1230. The van der Waals surface area contributed by atoms with Gasteiger partial charge < -0.3 is 14.3 Å². The predicted octanol–water partition coefficient (Wildman–Crippen LogP) is 2.60. The summed E-state index contributed by atoms with van der Waals surface area (Å²) in [5.41, 5.74) is 2.36. The standard InChI is InChI=1S/C22H21N5O4/c1-14-5-7-16(8-6-14)18-9-10-20(28)27(25-18)13-19-24-22(31-26-19)21(29)23-15(2)12-17-4-3-11-30-17/h3-11,15H,12-13H2,1-2H3,(H,23,29)/t15-/m0/s1. The number of amides is 1. The molecule has 4 aromatic rings. The van der Waals surface area contributed by atoms with Crippen molar-refractivity contribution in [1.29, 1.82) is 0 Å². The average molecular weight is 419 g/mol. The summed E-state index contributed by atoms with van der Waals surface area (Å²) < 4.78 is 11.6.